The van der Waals surface area contributed by atoms with Crippen LogP contribution in [0.4, 0.5) is 0 Å². The third-order valence-corrected chi connectivity index (χ3v) is 5.37. The van der Waals surface area contributed by atoms with Crippen LogP contribution in [0.25, 0.3) is 0 Å². The summed E-state index contributed by atoms with van der Waals surface area (Å²) >= 11 is 0. The largest absolute Gasteiger partial charge is 0.300 e. The second-order valence-electron chi connectivity index (χ2n) is 9.63. The summed E-state index contributed by atoms with van der Waals surface area (Å²) in [5.41, 5.74) is 0.275. The third-order valence-electron chi connectivity index (χ3n) is 5.37. The van der Waals surface area contributed by atoms with Crippen LogP contribution in [-0.4, -0.2) is 11.6 Å². The van der Waals surface area contributed by atoms with Crippen LogP contribution in [0.15, 0.2) is 0 Å². The van der Waals surface area contributed by atoms with Crippen LogP contribution in [0.3, 0.4) is 0 Å². The van der Waals surface area contributed by atoms with Crippen LogP contribution in [0.1, 0.15) is 143 Å². The molecule has 0 spiro atoms. The molecule has 0 aliphatic carbocycles. The first-order chi connectivity index (χ1) is 12.8. The fourth-order valence-electron chi connectivity index (χ4n) is 3.40. The fraction of sp³-hybridized carbons (Fsp3) is 0.920. The number of rotatable bonds is 19. The average molecular weight is 381 g/mol. The lowest BCUT2D eigenvalue weighted by Crippen LogP contribution is -2.08. The molecule has 0 radical (unpaired) electrons. The van der Waals surface area contributed by atoms with Gasteiger partial charge in [-0.05, 0) is 31.1 Å². The smallest absolute Gasteiger partial charge is 0.132 e. The van der Waals surface area contributed by atoms with E-state index >= 15 is 0 Å². The maximum atomic E-state index is 11.8. The molecule has 0 aromatic carbocycles. The van der Waals surface area contributed by atoms with Crippen molar-refractivity contribution in [2.75, 3.05) is 0 Å². The molecule has 0 saturated carbocycles. The Labute approximate surface area is 170 Å². The standard InChI is InChI=1S/C25H48O2/c1-5-6-7-15-18-23(26)19-16-13-11-9-8-10-12-14-17-20-24(27)21-22-25(2,3)4/h5-22H2,1-4H3. The number of carbonyl (C=O) groups is 2. The van der Waals surface area contributed by atoms with Gasteiger partial charge in [0.05, 0.1) is 0 Å². The zero-order valence-electron chi connectivity index (χ0n) is 19.0. The first kappa shape index (κ1) is 26.3. The summed E-state index contributed by atoms with van der Waals surface area (Å²) in [5, 5.41) is 0. The van der Waals surface area contributed by atoms with Gasteiger partial charge in [-0.3, -0.25) is 9.59 Å². The van der Waals surface area contributed by atoms with Gasteiger partial charge in [0.25, 0.3) is 0 Å². The molecule has 0 bridgehead atoms. The van der Waals surface area contributed by atoms with E-state index in [2.05, 4.69) is 27.7 Å². The average Bonchev–Trinajstić information content (AvgIpc) is 2.61. The summed E-state index contributed by atoms with van der Waals surface area (Å²) in [6.45, 7) is 8.81. The molecule has 0 rings (SSSR count). The number of hydrogen-bond acceptors (Lipinski definition) is 2. The molecule has 0 N–H and O–H groups in total. The van der Waals surface area contributed by atoms with Crippen molar-refractivity contribution in [1.82, 2.24) is 0 Å². The van der Waals surface area contributed by atoms with Gasteiger partial charge >= 0.3 is 0 Å². The number of ketones is 2. The Kier molecular flexibility index (Phi) is 17.0. The van der Waals surface area contributed by atoms with Crippen LogP contribution in [0, 0.1) is 5.41 Å². The first-order valence-electron chi connectivity index (χ1n) is 11.9. The highest BCUT2D eigenvalue weighted by molar-refractivity contribution is 5.78. The van der Waals surface area contributed by atoms with E-state index in [9.17, 15) is 9.59 Å². The molecular weight excluding hydrogens is 332 g/mol. The van der Waals surface area contributed by atoms with E-state index in [1.807, 2.05) is 0 Å². The number of unbranched alkanes of at least 4 members (excludes halogenated alkanes) is 11. The van der Waals surface area contributed by atoms with Crippen LogP contribution < -0.4 is 0 Å². The summed E-state index contributed by atoms with van der Waals surface area (Å²) in [6, 6.07) is 0. The minimum absolute atomic E-state index is 0.275. The Morgan fingerprint density at radius 1 is 0.519 bits per heavy atom. The lowest BCUT2D eigenvalue weighted by molar-refractivity contribution is -0.120. The lowest BCUT2D eigenvalue weighted by atomic mass is 9.89. The number of Topliss-reactive ketones (excluding diaryl/α,β-unsaturated/α-hetero) is 2. The van der Waals surface area contributed by atoms with Gasteiger partial charge in [0.15, 0.2) is 0 Å². The highest BCUT2D eigenvalue weighted by atomic mass is 16.1. The van der Waals surface area contributed by atoms with Crippen molar-refractivity contribution < 1.29 is 9.59 Å². The highest BCUT2D eigenvalue weighted by Crippen LogP contribution is 2.21. The Morgan fingerprint density at radius 2 is 0.852 bits per heavy atom. The van der Waals surface area contributed by atoms with Gasteiger partial charge in [-0.25, -0.2) is 0 Å². The molecule has 2 nitrogen and oxygen atoms in total. The van der Waals surface area contributed by atoms with Crippen LogP contribution in [-0.2, 0) is 9.59 Å². The van der Waals surface area contributed by atoms with Crippen molar-refractivity contribution in [2.45, 2.75) is 143 Å². The van der Waals surface area contributed by atoms with Crippen molar-refractivity contribution in [3.8, 4) is 0 Å². The monoisotopic (exact) mass is 380 g/mol. The topological polar surface area (TPSA) is 34.1 Å². The van der Waals surface area contributed by atoms with E-state index in [0.29, 0.717) is 11.6 Å². The van der Waals surface area contributed by atoms with Gasteiger partial charge in [0.1, 0.15) is 11.6 Å². The predicted molar refractivity (Wildman–Crippen MR) is 118 cm³/mol. The molecule has 0 aromatic heterocycles. The molecule has 0 fully saturated rings. The lowest BCUT2D eigenvalue weighted by Gasteiger charge is -2.16. The summed E-state index contributed by atoms with van der Waals surface area (Å²) in [7, 11) is 0. The van der Waals surface area contributed by atoms with Gasteiger partial charge in [-0.2, -0.15) is 0 Å². The van der Waals surface area contributed by atoms with Crippen molar-refractivity contribution in [3.05, 3.63) is 0 Å². The van der Waals surface area contributed by atoms with Crippen molar-refractivity contribution >= 4 is 11.6 Å². The summed E-state index contributed by atoms with van der Waals surface area (Å²) < 4.78 is 0. The van der Waals surface area contributed by atoms with E-state index in [-0.39, 0.29) is 5.41 Å². The van der Waals surface area contributed by atoms with E-state index in [1.54, 1.807) is 0 Å². The predicted octanol–water partition coefficient (Wildman–Crippen LogP) is 8.21. The quantitative estimate of drug-likeness (QED) is 0.211. The maximum absolute atomic E-state index is 11.8. The highest BCUT2D eigenvalue weighted by Gasteiger charge is 2.12. The van der Waals surface area contributed by atoms with E-state index in [4.69, 9.17) is 0 Å². The molecule has 0 atom stereocenters. The molecular formula is C25H48O2. The minimum atomic E-state index is 0.275. The SMILES string of the molecule is CCCCCCC(=O)CCCCCCCCCCCC(=O)CCC(C)(C)C. The molecule has 0 aliphatic heterocycles. The van der Waals surface area contributed by atoms with Crippen LogP contribution in [0.2, 0.25) is 0 Å². The van der Waals surface area contributed by atoms with Crippen LogP contribution in [0.5, 0.6) is 0 Å². The fourth-order valence-corrected chi connectivity index (χ4v) is 3.40. The zero-order chi connectivity index (χ0) is 20.4. The Morgan fingerprint density at radius 3 is 1.22 bits per heavy atom. The number of hydrogen-bond donors (Lipinski definition) is 0. The molecule has 27 heavy (non-hydrogen) atoms. The molecule has 0 heterocycles. The molecule has 0 unspecified atom stereocenters. The Hall–Kier alpha value is -0.660. The second-order valence-corrected chi connectivity index (χ2v) is 9.63. The van der Waals surface area contributed by atoms with E-state index in [0.717, 1.165) is 51.4 Å². The summed E-state index contributed by atoms with van der Waals surface area (Å²) in [6.07, 6.45) is 20.0. The molecule has 0 aromatic rings. The van der Waals surface area contributed by atoms with Crippen molar-refractivity contribution in [2.24, 2.45) is 5.41 Å². The van der Waals surface area contributed by atoms with Crippen LogP contribution >= 0.6 is 0 Å². The van der Waals surface area contributed by atoms with Gasteiger partial charge < -0.3 is 0 Å². The molecule has 160 valence electrons. The maximum Gasteiger partial charge on any atom is 0.132 e. The zero-order valence-corrected chi connectivity index (χ0v) is 19.0. The Balaban J connectivity index is 3.27. The van der Waals surface area contributed by atoms with Crippen molar-refractivity contribution in [1.29, 1.82) is 0 Å². The molecule has 2 heteroatoms. The number of carbonyl (C=O) groups excluding carboxylic acids is 2. The normalized spacial score (nSPS) is 11.7. The van der Waals surface area contributed by atoms with Gasteiger partial charge in [-0.1, -0.05) is 91.9 Å². The minimum Gasteiger partial charge on any atom is -0.300 e. The summed E-state index contributed by atoms with van der Waals surface area (Å²) in [5.74, 6) is 0.924. The summed E-state index contributed by atoms with van der Waals surface area (Å²) in [4.78, 5) is 23.6. The van der Waals surface area contributed by atoms with Gasteiger partial charge in [-0.15, -0.1) is 0 Å². The van der Waals surface area contributed by atoms with Gasteiger partial charge in [0.2, 0.25) is 0 Å². The Bertz CT molecular complexity index is 365. The van der Waals surface area contributed by atoms with Crippen molar-refractivity contribution in [3.63, 3.8) is 0 Å². The molecule has 0 amide bonds. The molecule has 0 saturated heterocycles. The third kappa shape index (κ3) is 21.5. The second kappa shape index (κ2) is 17.4. The molecule has 0 aliphatic rings. The first-order valence-corrected chi connectivity index (χ1v) is 11.9. The van der Waals surface area contributed by atoms with E-state index < -0.39 is 0 Å². The van der Waals surface area contributed by atoms with Gasteiger partial charge in [0, 0.05) is 25.7 Å². The van der Waals surface area contributed by atoms with E-state index in [1.165, 1.54) is 64.2 Å².